The number of carbonyl (C=O) groups excluding carboxylic acids is 3. The highest BCUT2D eigenvalue weighted by Crippen LogP contribution is 2.25. The zero-order valence-electron chi connectivity index (χ0n) is 27.0. The van der Waals surface area contributed by atoms with Crippen LogP contribution in [-0.4, -0.2) is 53.1 Å². The number of allylic oxidation sites excluding steroid dienone is 2. The number of fused-ring (bicyclic) bond motifs is 1. The number of hydrogen-bond donors (Lipinski definition) is 2. The maximum Gasteiger partial charge on any atom is 0.305 e. The van der Waals surface area contributed by atoms with Crippen molar-refractivity contribution in [1.82, 2.24) is 10.2 Å². The number of nitrogens with zero attached hydrogens (tertiary/aromatic N) is 1. The van der Waals surface area contributed by atoms with Gasteiger partial charge in [0.1, 0.15) is 19.0 Å². The third kappa shape index (κ3) is 11.0. The number of rotatable bonds is 18. The average Bonchev–Trinajstić information content (AvgIpc) is 3.10. The molecule has 0 unspecified atom stereocenters. The van der Waals surface area contributed by atoms with Gasteiger partial charge in [-0.2, -0.15) is 0 Å². The fourth-order valence-electron chi connectivity index (χ4n) is 5.73. The highest BCUT2D eigenvalue weighted by molar-refractivity contribution is 5.86. The van der Waals surface area contributed by atoms with Crippen LogP contribution >= 0.6 is 0 Å². The fraction of sp³-hybridized carbons (Fsp3) is 0.359. The van der Waals surface area contributed by atoms with Crippen LogP contribution in [0.3, 0.4) is 0 Å². The molecule has 0 aromatic heterocycles. The largest absolute Gasteiger partial charge is 0.489 e. The van der Waals surface area contributed by atoms with Gasteiger partial charge in [0.2, 0.25) is 11.8 Å². The van der Waals surface area contributed by atoms with E-state index in [1.165, 1.54) is 0 Å². The number of benzene rings is 3. The molecular weight excluding hydrogens is 592 g/mol. The Bertz CT molecular complexity index is 1470. The summed E-state index contributed by atoms with van der Waals surface area (Å²) in [6, 6.07) is 24.6. The first kappa shape index (κ1) is 35.2. The lowest BCUT2D eigenvalue weighted by atomic mass is 9.92. The first-order valence-electron chi connectivity index (χ1n) is 16.3. The standard InChI is InChI=1S/C39H46N2O6/c1-3-5-7-17-38(44)47-28-34(22-29-18-20-36(21-19-29)46-27-30-13-8-6-9-14-30)40-39(45)32(12-4-2)24-37(43)41-25-33-16-11-10-15-31(33)23-35(41)26-42/h3-4,6,8-11,13-16,18-21,32,34-35,42H,1-2,5,7,12,17,22-28H2,(H,40,45)/t32-,34+,35+/m1/s1. The Balaban J connectivity index is 1.41. The molecule has 0 fully saturated rings. The van der Waals surface area contributed by atoms with Gasteiger partial charge >= 0.3 is 5.97 Å². The molecule has 0 saturated carbocycles. The molecule has 0 saturated heterocycles. The van der Waals surface area contributed by atoms with Crippen molar-refractivity contribution in [3.8, 4) is 5.75 Å². The zero-order valence-corrected chi connectivity index (χ0v) is 27.0. The van der Waals surface area contributed by atoms with E-state index in [0.29, 0.717) is 45.3 Å². The lowest BCUT2D eigenvalue weighted by molar-refractivity contribution is -0.145. The maximum absolute atomic E-state index is 13.7. The molecule has 1 aliphatic rings. The molecule has 0 aliphatic carbocycles. The van der Waals surface area contributed by atoms with E-state index in [1.807, 2.05) is 78.9 Å². The molecule has 8 nitrogen and oxygen atoms in total. The molecule has 2 N–H and O–H groups in total. The Labute approximate surface area is 278 Å². The monoisotopic (exact) mass is 638 g/mol. The summed E-state index contributed by atoms with van der Waals surface area (Å²) in [5, 5.41) is 13.1. The molecule has 3 aromatic carbocycles. The number of aliphatic hydroxyl groups excluding tert-OH is 1. The lowest BCUT2D eigenvalue weighted by Crippen LogP contribution is -2.48. The number of unbranched alkanes of at least 4 members (excludes halogenated alkanes) is 1. The Morgan fingerprint density at radius 2 is 1.66 bits per heavy atom. The number of hydrogen-bond acceptors (Lipinski definition) is 6. The van der Waals surface area contributed by atoms with E-state index in [0.717, 1.165) is 28.0 Å². The van der Waals surface area contributed by atoms with Gasteiger partial charge in [-0.25, -0.2) is 0 Å². The van der Waals surface area contributed by atoms with E-state index in [-0.39, 0.29) is 49.9 Å². The quantitative estimate of drug-likeness (QED) is 0.105. The molecule has 248 valence electrons. The van der Waals surface area contributed by atoms with Crippen LogP contribution in [0.25, 0.3) is 0 Å². The van der Waals surface area contributed by atoms with Crippen LogP contribution in [0.2, 0.25) is 0 Å². The third-order valence-electron chi connectivity index (χ3n) is 8.36. The molecule has 8 heteroatoms. The normalized spacial score (nSPS) is 15.1. The van der Waals surface area contributed by atoms with E-state index in [2.05, 4.69) is 18.5 Å². The van der Waals surface area contributed by atoms with Crippen LogP contribution in [0, 0.1) is 5.92 Å². The van der Waals surface area contributed by atoms with E-state index in [9.17, 15) is 19.5 Å². The van der Waals surface area contributed by atoms with Crippen molar-refractivity contribution in [2.45, 2.75) is 70.2 Å². The van der Waals surface area contributed by atoms with Crippen molar-refractivity contribution < 1.29 is 29.0 Å². The maximum atomic E-state index is 13.7. The molecule has 2 amide bonds. The summed E-state index contributed by atoms with van der Waals surface area (Å²) in [6.07, 6.45) is 6.26. The van der Waals surface area contributed by atoms with Gasteiger partial charge in [0.05, 0.1) is 24.6 Å². The molecule has 0 bridgehead atoms. The number of esters is 1. The number of aliphatic hydroxyl groups is 1. The second-order valence-corrected chi connectivity index (χ2v) is 11.9. The van der Waals surface area contributed by atoms with Gasteiger partial charge in [0.15, 0.2) is 0 Å². The molecule has 1 heterocycles. The molecular formula is C39H46N2O6. The Morgan fingerprint density at radius 1 is 0.936 bits per heavy atom. The predicted molar refractivity (Wildman–Crippen MR) is 182 cm³/mol. The van der Waals surface area contributed by atoms with Crippen LogP contribution in [0.5, 0.6) is 5.75 Å². The second-order valence-electron chi connectivity index (χ2n) is 11.9. The third-order valence-corrected chi connectivity index (χ3v) is 8.36. The summed E-state index contributed by atoms with van der Waals surface area (Å²) in [5.74, 6) is -0.799. The van der Waals surface area contributed by atoms with E-state index in [1.54, 1.807) is 17.1 Å². The minimum atomic E-state index is -0.670. The second kappa shape index (κ2) is 18.5. The first-order valence-corrected chi connectivity index (χ1v) is 16.3. The summed E-state index contributed by atoms with van der Waals surface area (Å²) < 4.78 is 11.5. The number of amides is 2. The summed E-state index contributed by atoms with van der Waals surface area (Å²) in [6.45, 7) is 8.18. The van der Waals surface area contributed by atoms with E-state index < -0.39 is 12.0 Å². The van der Waals surface area contributed by atoms with Crippen molar-refractivity contribution in [2.75, 3.05) is 13.2 Å². The minimum Gasteiger partial charge on any atom is -0.489 e. The highest BCUT2D eigenvalue weighted by Gasteiger charge is 2.32. The number of ether oxygens (including phenoxy) is 2. The Hall–Kier alpha value is -4.69. The smallest absolute Gasteiger partial charge is 0.305 e. The van der Waals surface area contributed by atoms with Crippen LogP contribution in [0.4, 0.5) is 0 Å². The number of carbonyl (C=O) groups is 3. The molecule has 3 aromatic rings. The van der Waals surface area contributed by atoms with E-state index in [4.69, 9.17) is 9.47 Å². The van der Waals surface area contributed by atoms with Crippen molar-refractivity contribution in [2.24, 2.45) is 5.92 Å². The van der Waals surface area contributed by atoms with Gasteiger partial charge in [0.25, 0.3) is 0 Å². The molecule has 0 radical (unpaired) electrons. The van der Waals surface area contributed by atoms with Crippen LogP contribution < -0.4 is 10.1 Å². The van der Waals surface area contributed by atoms with Gasteiger partial charge in [-0.15, -0.1) is 13.2 Å². The van der Waals surface area contributed by atoms with Gasteiger partial charge in [0, 0.05) is 19.4 Å². The molecule has 47 heavy (non-hydrogen) atoms. The highest BCUT2D eigenvalue weighted by atomic mass is 16.5. The Morgan fingerprint density at radius 3 is 2.36 bits per heavy atom. The molecule has 0 spiro atoms. The summed E-state index contributed by atoms with van der Waals surface area (Å²) >= 11 is 0. The summed E-state index contributed by atoms with van der Waals surface area (Å²) in [7, 11) is 0. The topological polar surface area (TPSA) is 105 Å². The number of nitrogens with one attached hydrogen (secondary N) is 1. The van der Waals surface area contributed by atoms with Crippen molar-refractivity contribution in [3.05, 3.63) is 126 Å². The van der Waals surface area contributed by atoms with Gasteiger partial charge in [-0.1, -0.05) is 78.9 Å². The Kier molecular flexibility index (Phi) is 13.8. The zero-order chi connectivity index (χ0) is 33.4. The SMILES string of the molecule is C=CCCCC(=O)OC[C@H](Cc1ccc(OCc2ccccc2)cc1)NC(=O)[C@H](CC=C)CC(=O)N1Cc2ccccc2C[C@H]1CO. The van der Waals surface area contributed by atoms with Crippen LogP contribution in [0.15, 0.2) is 104 Å². The van der Waals surface area contributed by atoms with Crippen molar-refractivity contribution >= 4 is 17.8 Å². The molecule has 3 atom stereocenters. The van der Waals surface area contributed by atoms with E-state index >= 15 is 0 Å². The van der Waals surface area contributed by atoms with Gasteiger partial charge in [-0.05, 0) is 66.5 Å². The minimum absolute atomic E-state index is 0.00479. The first-order chi connectivity index (χ1) is 22.9. The van der Waals surface area contributed by atoms with Crippen molar-refractivity contribution in [1.29, 1.82) is 0 Å². The summed E-state index contributed by atoms with van der Waals surface area (Å²) in [4.78, 5) is 41.4. The average molecular weight is 639 g/mol. The lowest BCUT2D eigenvalue weighted by Gasteiger charge is -2.36. The van der Waals surface area contributed by atoms with Gasteiger partial charge in [-0.3, -0.25) is 14.4 Å². The van der Waals surface area contributed by atoms with Crippen LogP contribution in [-0.2, 0) is 45.1 Å². The molecule has 4 rings (SSSR count). The van der Waals surface area contributed by atoms with Gasteiger partial charge < -0.3 is 24.8 Å². The van der Waals surface area contributed by atoms with Crippen LogP contribution in [0.1, 0.15) is 54.4 Å². The molecule has 1 aliphatic heterocycles. The van der Waals surface area contributed by atoms with Crippen molar-refractivity contribution in [3.63, 3.8) is 0 Å². The predicted octanol–water partition coefficient (Wildman–Crippen LogP) is 5.72. The summed E-state index contributed by atoms with van der Waals surface area (Å²) in [5.41, 5.74) is 4.16. The fourth-order valence-corrected chi connectivity index (χ4v) is 5.73.